The highest BCUT2D eigenvalue weighted by atomic mass is 32.1. The molecule has 3 rings (SSSR count). The van der Waals surface area contributed by atoms with Crippen molar-refractivity contribution in [3.05, 3.63) is 53.7 Å². The van der Waals surface area contributed by atoms with E-state index in [1.54, 1.807) is 17.5 Å². The molecule has 0 aromatic carbocycles. The van der Waals surface area contributed by atoms with E-state index in [4.69, 9.17) is 0 Å². The second kappa shape index (κ2) is 7.99. The summed E-state index contributed by atoms with van der Waals surface area (Å²) in [6.45, 7) is 7.37. The Kier molecular flexibility index (Phi) is 5.51. The third-order valence-electron chi connectivity index (χ3n) is 3.78. The average molecular weight is 339 g/mol. The number of aromatic nitrogens is 3. The van der Waals surface area contributed by atoms with Gasteiger partial charge in [-0.25, -0.2) is 15.0 Å². The molecule has 5 nitrogen and oxygen atoms in total. The Bertz CT molecular complexity index is 751. The van der Waals surface area contributed by atoms with Crippen molar-refractivity contribution in [3.8, 4) is 10.7 Å². The third kappa shape index (κ3) is 4.15. The molecular weight excluding hydrogens is 318 g/mol. The summed E-state index contributed by atoms with van der Waals surface area (Å²) < 4.78 is 0. The number of hydrogen-bond acceptors (Lipinski definition) is 6. The molecule has 3 aromatic rings. The number of nitrogens with zero attached hydrogens (tertiary/aromatic N) is 4. The molecule has 0 bridgehead atoms. The number of hydrogen-bond donors (Lipinski definition) is 1. The van der Waals surface area contributed by atoms with Gasteiger partial charge in [0, 0.05) is 24.3 Å². The molecule has 0 aliphatic rings. The van der Waals surface area contributed by atoms with Gasteiger partial charge in [-0.15, -0.1) is 11.3 Å². The minimum atomic E-state index is 0.770. The molecule has 3 heterocycles. The first kappa shape index (κ1) is 16.5. The number of rotatable bonds is 7. The van der Waals surface area contributed by atoms with E-state index in [9.17, 15) is 0 Å². The summed E-state index contributed by atoms with van der Waals surface area (Å²) in [5.41, 5.74) is 2.09. The summed E-state index contributed by atoms with van der Waals surface area (Å²) in [6.07, 6.45) is 3.71. The fourth-order valence-corrected chi connectivity index (χ4v) is 3.01. The van der Waals surface area contributed by atoms with Crippen LogP contribution in [-0.2, 0) is 6.54 Å². The normalized spacial score (nSPS) is 11.0. The molecule has 3 aromatic heterocycles. The molecule has 124 valence electrons. The van der Waals surface area contributed by atoms with Crippen LogP contribution in [0, 0.1) is 0 Å². The van der Waals surface area contributed by atoms with Crippen LogP contribution >= 0.6 is 11.3 Å². The van der Waals surface area contributed by atoms with Crippen molar-refractivity contribution in [1.29, 1.82) is 0 Å². The van der Waals surface area contributed by atoms with Crippen LogP contribution in [0.5, 0.6) is 0 Å². The Morgan fingerprint density at radius 3 is 2.58 bits per heavy atom. The lowest BCUT2D eigenvalue weighted by Gasteiger charge is -2.17. The molecule has 1 N–H and O–H groups in total. The topological polar surface area (TPSA) is 53.9 Å². The summed E-state index contributed by atoms with van der Waals surface area (Å²) in [7, 11) is 0. The smallest absolute Gasteiger partial charge is 0.141 e. The Morgan fingerprint density at radius 1 is 1.04 bits per heavy atom. The van der Waals surface area contributed by atoms with Crippen molar-refractivity contribution in [2.24, 2.45) is 0 Å². The van der Waals surface area contributed by atoms with Gasteiger partial charge >= 0.3 is 0 Å². The Balaban J connectivity index is 1.69. The lowest BCUT2D eigenvalue weighted by atomic mass is 10.2. The zero-order valence-electron chi connectivity index (χ0n) is 13.9. The summed E-state index contributed by atoms with van der Waals surface area (Å²) in [5, 5.41) is 6.13. The van der Waals surface area contributed by atoms with Gasteiger partial charge in [-0.2, -0.15) is 0 Å². The molecular formula is C18H21N5S. The van der Waals surface area contributed by atoms with Crippen molar-refractivity contribution in [1.82, 2.24) is 19.9 Å². The summed E-state index contributed by atoms with van der Waals surface area (Å²) in [4.78, 5) is 15.8. The molecule has 0 saturated carbocycles. The second-order valence-corrected chi connectivity index (χ2v) is 6.28. The van der Waals surface area contributed by atoms with Gasteiger partial charge in [0.05, 0.1) is 0 Å². The van der Waals surface area contributed by atoms with E-state index in [1.165, 1.54) is 5.56 Å². The molecule has 0 atom stereocenters. The van der Waals surface area contributed by atoms with Crippen LogP contribution < -0.4 is 5.32 Å². The summed E-state index contributed by atoms with van der Waals surface area (Å²) >= 11 is 1.58. The largest absolute Gasteiger partial charge is 0.325 e. The lowest BCUT2D eigenvalue weighted by molar-refractivity contribution is 0.295. The Morgan fingerprint density at radius 2 is 1.92 bits per heavy atom. The van der Waals surface area contributed by atoms with Crippen LogP contribution in [0.1, 0.15) is 19.4 Å². The van der Waals surface area contributed by atoms with Crippen LogP contribution in [0.2, 0.25) is 0 Å². The van der Waals surface area contributed by atoms with E-state index in [0.29, 0.717) is 0 Å². The number of nitrogens with one attached hydrogen (secondary N) is 1. The van der Waals surface area contributed by atoms with Gasteiger partial charge in [0.1, 0.15) is 22.3 Å². The van der Waals surface area contributed by atoms with Gasteiger partial charge in [-0.1, -0.05) is 26.0 Å². The van der Waals surface area contributed by atoms with Gasteiger partial charge in [-0.05, 0) is 36.9 Å². The summed E-state index contributed by atoms with van der Waals surface area (Å²) in [5.74, 6) is 1.56. The van der Waals surface area contributed by atoms with Crippen molar-refractivity contribution in [3.63, 3.8) is 0 Å². The molecule has 0 saturated heterocycles. The SMILES string of the molecule is CCN(CC)Cc1ccc(Nc2cccc(-c3nccs3)n2)nc1. The molecule has 0 spiro atoms. The predicted molar refractivity (Wildman–Crippen MR) is 99.5 cm³/mol. The zero-order valence-corrected chi connectivity index (χ0v) is 14.8. The van der Waals surface area contributed by atoms with E-state index in [-0.39, 0.29) is 0 Å². The third-order valence-corrected chi connectivity index (χ3v) is 4.58. The fourth-order valence-electron chi connectivity index (χ4n) is 2.40. The monoisotopic (exact) mass is 339 g/mol. The maximum Gasteiger partial charge on any atom is 0.141 e. The number of pyridine rings is 2. The number of anilines is 2. The van der Waals surface area contributed by atoms with Crippen molar-refractivity contribution in [2.45, 2.75) is 20.4 Å². The van der Waals surface area contributed by atoms with Crippen LogP contribution in [0.3, 0.4) is 0 Å². The average Bonchev–Trinajstić information content (AvgIpc) is 3.16. The standard InChI is InChI=1S/C18H21N5S/c1-3-23(4-2)13-14-8-9-16(20-12-14)22-17-7-5-6-15(21-17)18-19-10-11-24-18/h5-12H,3-4,13H2,1-2H3,(H,20,21,22). The van der Waals surface area contributed by atoms with E-state index >= 15 is 0 Å². The van der Waals surface area contributed by atoms with E-state index in [0.717, 1.165) is 42.0 Å². The van der Waals surface area contributed by atoms with Gasteiger partial charge in [-0.3, -0.25) is 4.90 Å². The molecule has 0 radical (unpaired) electrons. The molecule has 0 unspecified atom stereocenters. The maximum atomic E-state index is 4.60. The van der Waals surface area contributed by atoms with Crippen molar-refractivity contribution in [2.75, 3.05) is 18.4 Å². The molecule has 0 aliphatic heterocycles. The first-order valence-electron chi connectivity index (χ1n) is 8.09. The highest BCUT2D eigenvalue weighted by Crippen LogP contribution is 2.22. The molecule has 0 fully saturated rings. The highest BCUT2D eigenvalue weighted by Gasteiger charge is 2.05. The van der Waals surface area contributed by atoms with Crippen LogP contribution in [0.4, 0.5) is 11.6 Å². The van der Waals surface area contributed by atoms with Gasteiger partial charge in [0.15, 0.2) is 0 Å². The number of thiazole rings is 1. The van der Waals surface area contributed by atoms with Gasteiger partial charge < -0.3 is 5.32 Å². The quantitative estimate of drug-likeness (QED) is 0.699. The van der Waals surface area contributed by atoms with E-state index in [1.807, 2.05) is 35.8 Å². The molecule has 0 amide bonds. The first-order chi connectivity index (χ1) is 11.8. The van der Waals surface area contributed by atoms with Gasteiger partial charge in [0.2, 0.25) is 0 Å². The van der Waals surface area contributed by atoms with Crippen molar-refractivity contribution >= 4 is 23.0 Å². The maximum absolute atomic E-state index is 4.60. The second-order valence-electron chi connectivity index (χ2n) is 5.38. The minimum Gasteiger partial charge on any atom is -0.325 e. The van der Waals surface area contributed by atoms with Crippen molar-refractivity contribution < 1.29 is 0 Å². The Hall–Kier alpha value is -2.31. The molecule has 24 heavy (non-hydrogen) atoms. The Labute approximate surface area is 146 Å². The predicted octanol–water partition coefficient (Wildman–Crippen LogP) is 4.19. The van der Waals surface area contributed by atoms with E-state index < -0.39 is 0 Å². The zero-order chi connectivity index (χ0) is 16.8. The summed E-state index contributed by atoms with van der Waals surface area (Å²) in [6, 6.07) is 9.98. The van der Waals surface area contributed by atoms with Crippen LogP contribution in [-0.4, -0.2) is 32.9 Å². The van der Waals surface area contributed by atoms with Gasteiger partial charge in [0.25, 0.3) is 0 Å². The lowest BCUT2D eigenvalue weighted by Crippen LogP contribution is -2.22. The van der Waals surface area contributed by atoms with Crippen LogP contribution in [0.15, 0.2) is 48.1 Å². The minimum absolute atomic E-state index is 0.770. The fraction of sp³-hybridized carbons (Fsp3) is 0.278. The highest BCUT2D eigenvalue weighted by molar-refractivity contribution is 7.13. The first-order valence-corrected chi connectivity index (χ1v) is 8.97. The van der Waals surface area contributed by atoms with E-state index in [2.05, 4.69) is 45.1 Å². The molecule has 6 heteroatoms. The molecule has 0 aliphatic carbocycles. The van der Waals surface area contributed by atoms with Crippen LogP contribution in [0.25, 0.3) is 10.7 Å².